The van der Waals surface area contributed by atoms with Gasteiger partial charge in [0, 0.05) is 17.7 Å². The second-order valence-corrected chi connectivity index (χ2v) is 6.95. The van der Waals surface area contributed by atoms with Crippen molar-refractivity contribution in [2.45, 2.75) is 26.6 Å². The zero-order valence-corrected chi connectivity index (χ0v) is 15.9. The number of aromatic amines is 1. The monoisotopic (exact) mass is 397 g/mol. The van der Waals surface area contributed by atoms with Crippen molar-refractivity contribution in [2.75, 3.05) is 13.3 Å². The SMILES string of the molecule is CC[NH+](Cc1nc2ccccc2c(=O)[nH]1)Cc1cc([N+](=O)[O-])cc2c1OCOC2. The van der Waals surface area contributed by atoms with E-state index in [0.717, 1.165) is 17.0 Å². The highest BCUT2D eigenvalue weighted by molar-refractivity contribution is 5.77. The summed E-state index contributed by atoms with van der Waals surface area (Å²) in [5.74, 6) is 1.22. The first-order valence-electron chi connectivity index (χ1n) is 9.37. The normalized spacial score (nSPS) is 14.2. The standard InChI is InChI=1S/C20H20N4O5/c1-2-23(10-18-21-17-6-4-3-5-16(17)20(25)22-18)9-13-7-15(24(26)27)8-14-11-28-12-29-19(13)14/h3-8H,2,9-12H2,1H3,(H,21,22,25)/p+1. The van der Waals surface area contributed by atoms with E-state index in [0.29, 0.717) is 41.1 Å². The summed E-state index contributed by atoms with van der Waals surface area (Å²) in [6.07, 6.45) is 0. The largest absolute Gasteiger partial charge is 0.467 e. The van der Waals surface area contributed by atoms with Gasteiger partial charge >= 0.3 is 0 Å². The van der Waals surface area contributed by atoms with E-state index in [4.69, 9.17) is 9.47 Å². The van der Waals surface area contributed by atoms with Crippen LogP contribution in [0.1, 0.15) is 23.9 Å². The number of benzene rings is 2. The average molecular weight is 397 g/mol. The number of nitro groups is 1. The van der Waals surface area contributed by atoms with Crippen molar-refractivity contribution in [3.63, 3.8) is 0 Å². The van der Waals surface area contributed by atoms with Gasteiger partial charge < -0.3 is 19.4 Å². The number of para-hydroxylation sites is 1. The van der Waals surface area contributed by atoms with Gasteiger partial charge in [0.05, 0.1) is 34.5 Å². The summed E-state index contributed by atoms with van der Waals surface area (Å²) >= 11 is 0. The number of nitrogens with zero attached hydrogens (tertiary/aromatic N) is 2. The maximum absolute atomic E-state index is 12.3. The molecule has 9 nitrogen and oxygen atoms in total. The number of non-ortho nitro benzene ring substituents is 1. The molecule has 0 radical (unpaired) electrons. The van der Waals surface area contributed by atoms with Crippen LogP contribution in [-0.4, -0.2) is 28.2 Å². The van der Waals surface area contributed by atoms with Crippen molar-refractivity contribution in [3.8, 4) is 5.75 Å². The van der Waals surface area contributed by atoms with Gasteiger partial charge in [-0.2, -0.15) is 0 Å². The van der Waals surface area contributed by atoms with Crippen molar-refractivity contribution >= 4 is 16.6 Å². The fourth-order valence-electron chi connectivity index (χ4n) is 3.55. The minimum atomic E-state index is -0.410. The van der Waals surface area contributed by atoms with Gasteiger partial charge in [-0.25, -0.2) is 4.98 Å². The average Bonchev–Trinajstić information content (AvgIpc) is 2.73. The van der Waals surface area contributed by atoms with Crippen molar-refractivity contribution in [2.24, 2.45) is 0 Å². The molecular weight excluding hydrogens is 376 g/mol. The molecule has 2 N–H and O–H groups in total. The third kappa shape index (κ3) is 3.96. The van der Waals surface area contributed by atoms with E-state index in [9.17, 15) is 14.9 Å². The highest BCUT2D eigenvalue weighted by Gasteiger charge is 2.24. The molecule has 0 fully saturated rings. The molecule has 0 saturated heterocycles. The van der Waals surface area contributed by atoms with Gasteiger partial charge in [0.2, 0.25) is 0 Å². The molecule has 1 atom stereocenters. The zero-order chi connectivity index (χ0) is 20.4. The fourth-order valence-corrected chi connectivity index (χ4v) is 3.55. The Balaban J connectivity index is 1.64. The van der Waals surface area contributed by atoms with Gasteiger partial charge in [-0.1, -0.05) is 12.1 Å². The van der Waals surface area contributed by atoms with Crippen molar-refractivity contribution in [3.05, 3.63) is 73.8 Å². The molecule has 0 aliphatic carbocycles. The van der Waals surface area contributed by atoms with Gasteiger partial charge in [0.15, 0.2) is 12.6 Å². The van der Waals surface area contributed by atoms with E-state index in [1.54, 1.807) is 18.2 Å². The molecule has 2 aromatic carbocycles. The molecule has 2 heterocycles. The van der Waals surface area contributed by atoms with Crippen LogP contribution in [0.15, 0.2) is 41.2 Å². The fraction of sp³-hybridized carbons (Fsp3) is 0.300. The Morgan fingerprint density at radius 2 is 2.10 bits per heavy atom. The molecule has 0 amide bonds. The highest BCUT2D eigenvalue weighted by atomic mass is 16.7. The lowest BCUT2D eigenvalue weighted by Gasteiger charge is -2.23. The van der Waals surface area contributed by atoms with Crippen molar-refractivity contribution in [1.29, 1.82) is 0 Å². The number of rotatable bonds is 6. The Morgan fingerprint density at radius 1 is 1.28 bits per heavy atom. The van der Waals surface area contributed by atoms with Crippen LogP contribution in [0.2, 0.25) is 0 Å². The highest BCUT2D eigenvalue weighted by Crippen LogP contribution is 2.32. The summed E-state index contributed by atoms with van der Waals surface area (Å²) in [5.41, 5.74) is 1.91. The Bertz CT molecular complexity index is 1130. The van der Waals surface area contributed by atoms with Crippen LogP contribution in [0.3, 0.4) is 0 Å². The molecule has 4 rings (SSSR count). The molecule has 1 aliphatic heterocycles. The van der Waals surface area contributed by atoms with Crippen LogP contribution in [0.25, 0.3) is 10.9 Å². The summed E-state index contributed by atoms with van der Waals surface area (Å²) in [6.45, 7) is 4.14. The topological polar surface area (TPSA) is 112 Å². The second-order valence-electron chi connectivity index (χ2n) is 6.95. The number of ether oxygens (including phenoxy) is 2. The maximum Gasteiger partial charge on any atom is 0.270 e. The Labute approximate surface area is 166 Å². The third-order valence-corrected chi connectivity index (χ3v) is 5.00. The summed E-state index contributed by atoms with van der Waals surface area (Å²) in [7, 11) is 0. The van der Waals surface area contributed by atoms with Crippen LogP contribution >= 0.6 is 0 Å². The predicted molar refractivity (Wildman–Crippen MR) is 105 cm³/mol. The molecule has 0 bridgehead atoms. The minimum absolute atomic E-state index is 0.0144. The lowest BCUT2D eigenvalue weighted by atomic mass is 10.1. The number of nitrogens with one attached hydrogen (secondary N) is 2. The Kier molecular flexibility index (Phi) is 5.24. The Hall–Kier alpha value is -3.30. The van der Waals surface area contributed by atoms with Gasteiger partial charge in [-0.15, -0.1) is 0 Å². The molecule has 1 unspecified atom stereocenters. The molecule has 9 heteroatoms. The van der Waals surface area contributed by atoms with Gasteiger partial charge in [0.1, 0.15) is 18.8 Å². The molecule has 0 saturated carbocycles. The van der Waals surface area contributed by atoms with E-state index >= 15 is 0 Å². The minimum Gasteiger partial charge on any atom is -0.467 e. The number of hydrogen-bond donors (Lipinski definition) is 2. The zero-order valence-electron chi connectivity index (χ0n) is 15.9. The van der Waals surface area contributed by atoms with Crippen LogP contribution in [0.4, 0.5) is 5.69 Å². The lowest BCUT2D eigenvalue weighted by Crippen LogP contribution is -3.09. The summed E-state index contributed by atoms with van der Waals surface area (Å²) in [4.78, 5) is 31.7. The molecule has 29 heavy (non-hydrogen) atoms. The molecular formula is C20H21N4O5+. The van der Waals surface area contributed by atoms with Crippen molar-refractivity contribution < 1.29 is 19.3 Å². The van der Waals surface area contributed by atoms with E-state index in [1.807, 2.05) is 19.1 Å². The summed E-state index contributed by atoms with van der Waals surface area (Å²) in [6, 6.07) is 10.2. The van der Waals surface area contributed by atoms with E-state index < -0.39 is 4.92 Å². The number of aromatic nitrogens is 2. The number of H-pyrrole nitrogens is 1. The molecule has 3 aromatic rings. The number of quaternary nitrogens is 1. The first-order valence-corrected chi connectivity index (χ1v) is 9.37. The molecule has 1 aromatic heterocycles. The van der Waals surface area contributed by atoms with Crippen LogP contribution < -0.4 is 15.2 Å². The van der Waals surface area contributed by atoms with E-state index in [1.165, 1.54) is 6.07 Å². The van der Waals surface area contributed by atoms with Crippen LogP contribution in [0.5, 0.6) is 5.75 Å². The first kappa shape index (κ1) is 19.0. The van der Waals surface area contributed by atoms with E-state index in [2.05, 4.69) is 9.97 Å². The predicted octanol–water partition coefficient (Wildman–Crippen LogP) is 1.30. The Morgan fingerprint density at radius 3 is 2.90 bits per heavy atom. The quantitative estimate of drug-likeness (QED) is 0.479. The van der Waals surface area contributed by atoms with E-state index in [-0.39, 0.29) is 24.6 Å². The molecule has 150 valence electrons. The summed E-state index contributed by atoms with van der Waals surface area (Å²) < 4.78 is 10.9. The van der Waals surface area contributed by atoms with Crippen molar-refractivity contribution in [1.82, 2.24) is 9.97 Å². The number of nitro benzene ring substituents is 1. The lowest BCUT2D eigenvalue weighted by molar-refractivity contribution is -0.926. The van der Waals surface area contributed by atoms with Gasteiger partial charge in [-0.3, -0.25) is 14.9 Å². The second kappa shape index (κ2) is 7.98. The van der Waals surface area contributed by atoms with Gasteiger partial charge in [0.25, 0.3) is 11.2 Å². The molecule has 0 spiro atoms. The maximum atomic E-state index is 12.3. The number of fused-ring (bicyclic) bond motifs is 2. The summed E-state index contributed by atoms with van der Waals surface area (Å²) in [5, 5.41) is 11.9. The van der Waals surface area contributed by atoms with Crippen LogP contribution in [-0.2, 0) is 24.4 Å². The first-order chi connectivity index (χ1) is 14.0. The number of hydrogen-bond acceptors (Lipinski definition) is 6. The van der Waals surface area contributed by atoms with Crippen LogP contribution in [0, 0.1) is 10.1 Å². The third-order valence-electron chi connectivity index (χ3n) is 5.00. The van der Waals surface area contributed by atoms with Gasteiger partial charge in [-0.05, 0) is 19.1 Å². The smallest absolute Gasteiger partial charge is 0.270 e. The molecule has 1 aliphatic rings.